The summed E-state index contributed by atoms with van der Waals surface area (Å²) >= 11 is 0. The molecule has 0 saturated heterocycles. The van der Waals surface area contributed by atoms with Crippen molar-refractivity contribution in [2.24, 2.45) is 11.8 Å². The molecular weight excluding hydrogens is 232 g/mol. The molecule has 1 unspecified atom stereocenters. The minimum atomic E-state index is 0.279. The molecule has 1 heterocycles. The highest BCUT2D eigenvalue weighted by molar-refractivity contribution is 5.35. The zero-order valence-electron chi connectivity index (χ0n) is 10.8. The fourth-order valence-electron chi connectivity index (χ4n) is 1.81. The number of anilines is 2. The largest absolute Gasteiger partial charge is 0.464 e. The van der Waals surface area contributed by atoms with E-state index in [9.17, 15) is 0 Å². The summed E-state index contributed by atoms with van der Waals surface area (Å²) in [4.78, 5) is 12.3. The van der Waals surface area contributed by atoms with Crippen molar-refractivity contribution in [2.75, 3.05) is 17.3 Å². The average Bonchev–Trinajstić information content (AvgIpc) is 3.12. The fourth-order valence-corrected chi connectivity index (χ4v) is 1.81. The summed E-state index contributed by atoms with van der Waals surface area (Å²) in [5.41, 5.74) is 2.41. The van der Waals surface area contributed by atoms with Gasteiger partial charge >= 0.3 is 6.01 Å². The zero-order valence-corrected chi connectivity index (χ0v) is 10.8. The van der Waals surface area contributed by atoms with Crippen molar-refractivity contribution < 1.29 is 4.74 Å². The highest BCUT2D eigenvalue weighted by Gasteiger charge is 2.24. The molecule has 0 spiro atoms. The van der Waals surface area contributed by atoms with Gasteiger partial charge in [-0.05, 0) is 26.2 Å². The maximum Gasteiger partial charge on any atom is 0.323 e. The maximum atomic E-state index is 5.32. The first-order chi connectivity index (χ1) is 8.71. The van der Waals surface area contributed by atoms with Crippen molar-refractivity contribution in [3.63, 3.8) is 0 Å². The Morgan fingerprint density at radius 2 is 2.06 bits per heavy atom. The summed E-state index contributed by atoms with van der Waals surface area (Å²) < 4.78 is 5.27. The number of ether oxygens (including phenoxy) is 1. The third kappa shape index (κ3) is 3.69. The van der Waals surface area contributed by atoms with Crippen molar-refractivity contribution in [3.8, 4) is 6.01 Å². The minimum absolute atomic E-state index is 0.279. The summed E-state index contributed by atoms with van der Waals surface area (Å²) in [5.74, 6) is 6.97. The maximum absolute atomic E-state index is 5.32. The number of nitrogens with zero attached hydrogens (tertiary/aromatic N) is 3. The van der Waals surface area contributed by atoms with Crippen LogP contribution in [0.1, 0.15) is 33.1 Å². The lowest BCUT2D eigenvalue weighted by atomic mass is 10.2. The van der Waals surface area contributed by atoms with Crippen molar-refractivity contribution in [1.82, 2.24) is 15.0 Å². The van der Waals surface area contributed by atoms with Crippen LogP contribution in [0.25, 0.3) is 0 Å². The molecule has 0 aliphatic heterocycles. The van der Waals surface area contributed by atoms with E-state index in [0.717, 1.165) is 12.3 Å². The van der Waals surface area contributed by atoms with Gasteiger partial charge in [-0.1, -0.05) is 12.8 Å². The Morgan fingerprint density at radius 1 is 1.33 bits per heavy atom. The van der Waals surface area contributed by atoms with E-state index in [0.29, 0.717) is 24.5 Å². The molecule has 1 aliphatic rings. The van der Waals surface area contributed by atoms with E-state index in [2.05, 4.69) is 32.6 Å². The molecule has 7 heteroatoms. The van der Waals surface area contributed by atoms with E-state index >= 15 is 0 Å². The van der Waals surface area contributed by atoms with Crippen molar-refractivity contribution in [2.45, 2.75) is 39.2 Å². The third-order valence-corrected chi connectivity index (χ3v) is 2.78. The van der Waals surface area contributed by atoms with E-state index in [1.807, 2.05) is 6.92 Å². The summed E-state index contributed by atoms with van der Waals surface area (Å²) in [5, 5.41) is 3.25. The van der Waals surface area contributed by atoms with Gasteiger partial charge in [0.05, 0.1) is 6.61 Å². The minimum Gasteiger partial charge on any atom is -0.464 e. The average molecular weight is 252 g/mol. The topological polar surface area (TPSA) is 98.0 Å². The smallest absolute Gasteiger partial charge is 0.323 e. The standard InChI is InChI=1S/C11H20N6O/c1-3-18-11-15-9(14-10(16-11)17-12)13-7(2)6-8-4-5-8/h7-8H,3-6,12H2,1-2H3,(H2,13,14,15,16,17). The van der Waals surface area contributed by atoms with Crippen LogP contribution in [0.3, 0.4) is 0 Å². The molecule has 1 aliphatic carbocycles. The highest BCUT2D eigenvalue weighted by atomic mass is 16.5. The Balaban J connectivity index is 2.02. The normalized spacial score (nSPS) is 16.2. The Hall–Kier alpha value is -1.63. The van der Waals surface area contributed by atoms with Crippen LogP contribution in [0.15, 0.2) is 0 Å². The lowest BCUT2D eigenvalue weighted by Crippen LogP contribution is -2.20. The number of rotatable bonds is 7. The molecule has 0 bridgehead atoms. The monoisotopic (exact) mass is 252 g/mol. The molecule has 18 heavy (non-hydrogen) atoms. The van der Waals surface area contributed by atoms with E-state index in [-0.39, 0.29) is 6.01 Å². The molecule has 1 aromatic heterocycles. The number of hydrogen-bond donors (Lipinski definition) is 3. The van der Waals surface area contributed by atoms with Crippen LogP contribution >= 0.6 is 0 Å². The second-order valence-corrected chi connectivity index (χ2v) is 4.57. The van der Waals surface area contributed by atoms with Crippen molar-refractivity contribution in [1.29, 1.82) is 0 Å². The van der Waals surface area contributed by atoms with E-state index in [1.165, 1.54) is 12.8 Å². The van der Waals surface area contributed by atoms with Crippen LogP contribution < -0.4 is 21.3 Å². The van der Waals surface area contributed by atoms with Crippen LogP contribution in [0.4, 0.5) is 11.9 Å². The van der Waals surface area contributed by atoms with Gasteiger partial charge in [-0.25, -0.2) is 5.84 Å². The quantitative estimate of drug-likeness (QED) is 0.494. The van der Waals surface area contributed by atoms with Gasteiger partial charge in [0, 0.05) is 6.04 Å². The summed E-state index contributed by atoms with van der Waals surface area (Å²) in [6.07, 6.45) is 3.81. The van der Waals surface area contributed by atoms with Crippen molar-refractivity contribution >= 4 is 11.9 Å². The van der Waals surface area contributed by atoms with Crippen LogP contribution in [-0.2, 0) is 0 Å². The molecule has 1 aromatic rings. The molecule has 0 amide bonds. The molecule has 0 radical (unpaired) electrons. The molecule has 4 N–H and O–H groups in total. The summed E-state index contributed by atoms with van der Waals surface area (Å²) in [7, 11) is 0. The van der Waals surface area contributed by atoms with Gasteiger partial charge in [-0.15, -0.1) is 0 Å². The summed E-state index contributed by atoms with van der Waals surface area (Å²) in [6, 6.07) is 0.613. The molecule has 1 atom stereocenters. The zero-order chi connectivity index (χ0) is 13.0. The Labute approximate surface area is 107 Å². The number of hydrazine groups is 1. The van der Waals surface area contributed by atoms with Gasteiger partial charge < -0.3 is 10.1 Å². The Bertz CT molecular complexity index is 395. The van der Waals surface area contributed by atoms with Gasteiger partial charge in [0.25, 0.3) is 0 Å². The van der Waals surface area contributed by atoms with E-state index in [4.69, 9.17) is 10.6 Å². The summed E-state index contributed by atoms with van der Waals surface area (Å²) in [6.45, 7) is 4.51. The molecular formula is C11H20N6O. The Morgan fingerprint density at radius 3 is 2.67 bits per heavy atom. The van der Waals surface area contributed by atoms with Crippen LogP contribution in [0.2, 0.25) is 0 Å². The van der Waals surface area contributed by atoms with Crippen LogP contribution in [0.5, 0.6) is 6.01 Å². The molecule has 0 aromatic carbocycles. The lowest BCUT2D eigenvalue weighted by molar-refractivity contribution is 0.312. The van der Waals surface area contributed by atoms with Gasteiger partial charge in [0.2, 0.25) is 11.9 Å². The lowest BCUT2D eigenvalue weighted by Gasteiger charge is -2.14. The number of hydrogen-bond acceptors (Lipinski definition) is 7. The second kappa shape index (κ2) is 5.81. The molecule has 1 fully saturated rings. The molecule has 100 valence electrons. The van der Waals surface area contributed by atoms with E-state index < -0.39 is 0 Å². The number of nitrogens with one attached hydrogen (secondary N) is 2. The molecule has 1 saturated carbocycles. The van der Waals surface area contributed by atoms with Gasteiger partial charge in [0.1, 0.15) is 0 Å². The third-order valence-electron chi connectivity index (χ3n) is 2.78. The predicted molar refractivity (Wildman–Crippen MR) is 69.2 cm³/mol. The van der Waals surface area contributed by atoms with Crippen LogP contribution in [-0.4, -0.2) is 27.6 Å². The van der Waals surface area contributed by atoms with E-state index in [1.54, 1.807) is 0 Å². The number of aromatic nitrogens is 3. The van der Waals surface area contributed by atoms with Crippen molar-refractivity contribution in [3.05, 3.63) is 0 Å². The SMILES string of the molecule is CCOc1nc(NN)nc(NC(C)CC2CC2)n1. The van der Waals surface area contributed by atoms with Gasteiger partial charge in [0.15, 0.2) is 0 Å². The first-order valence-electron chi connectivity index (χ1n) is 6.33. The fraction of sp³-hybridized carbons (Fsp3) is 0.727. The number of nitrogen functional groups attached to an aromatic ring is 1. The first-order valence-corrected chi connectivity index (χ1v) is 6.33. The molecule has 2 rings (SSSR count). The van der Waals surface area contributed by atoms with Gasteiger partial charge in [-0.2, -0.15) is 15.0 Å². The number of nitrogens with two attached hydrogens (primary N) is 1. The molecule has 7 nitrogen and oxygen atoms in total. The van der Waals surface area contributed by atoms with Crippen LogP contribution in [0, 0.1) is 5.92 Å². The first kappa shape index (κ1) is 12.8. The second-order valence-electron chi connectivity index (χ2n) is 4.57. The predicted octanol–water partition coefficient (Wildman–Crippen LogP) is 1.16. The highest BCUT2D eigenvalue weighted by Crippen LogP contribution is 2.33. The van der Waals surface area contributed by atoms with Gasteiger partial charge in [-0.3, -0.25) is 5.43 Å². The Kier molecular flexibility index (Phi) is 4.14.